The van der Waals surface area contributed by atoms with Gasteiger partial charge in [0.15, 0.2) is 0 Å². The molecule has 0 spiro atoms. The van der Waals surface area contributed by atoms with Crippen LogP contribution in [0, 0.1) is 0 Å². The number of carbonyl (C=O) groups excluding carboxylic acids is 1. The van der Waals surface area contributed by atoms with Crippen LogP contribution in [0.2, 0.25) is 5.02 Å². The predicted molar refractivity (Wildman–Crippen MR) is 88.5 cm³/mol. The first-order valence-corrected chi connectivity index (χ1v) is 7.45. The van der Waals surface area contributed by atoms with Crippen molar-refractivity contribution in [2.75, 3.05) is 5.32 Å². The molecule has 1 aliphatic heterocycles. The highest BCUT2D eigenvalue weighted by Crippen LogP contribution is 2.34. The van der Waals surface area contributed by atoms with Gasteiger partial charge >= 0.3 is 0 Å². The molecule has 3 rings (SSSR count). The molecule has 0 radical (unpaired) electrons. The van der Waals surface area contributed by atoms with Gasteiger partial charge in [0.2, 0.25) is 0 Å². The molecule has 0 aromatic heterocycles. The normalized spacial score (nSPS) is 23.5. The molecule has 0 fully saturated rings. The third-order valence-corrected chi connectivity index (χ3v) is 3.91. The molecule has 2 aliphatic rings. The van der Waals surface area contributed by atoms with E-state index in [1.165, 1.54) is 0 Å². The molecule has 106 valence electrons. The standard InChI is InChI=1S/C17H13Cl2NO/c18-12-5-3-1-2-4-11(8-12)9-15-14-7-6-13(19)10-16(14)20-17(15)21/h1-2,4,6-10H,3,5H2,(H,20,21)/b2-1-,11-4+,12-8?,15-9+. The molecule has 1 aromatic carbocycles. The minimum absolute atomic E-state index is 0.122. The quantitative estimate of drug-likeness (QED) is 0.719. The topological polar surface area (TPSA) is 29.1 Å². The summed E-state index contributed by atoms with van der Waals surface area (Å²) in [5, 5.41) is 4.22. The molecule has 0 bridgehead atoms. The summed E-state index contributed by atoms with van der Waals surface area (Å²) < 4.78 is 0. The van der Waals surface area contributed by atoms with E-state index in [1.54, 1.807) is 12.1 Å². The molecule has 1 amide bonds. The Bertz CT molecular complexity index is 726. The van der Waals surface area contributed by atoms with E-state index in [0.29, 0.717) is 10.6 Å². The second kappa shape index (κ2) is 5.92. The van der Waals surface area contributed by atoms with Gasteiger partial charge in [0, 0.05) is 21.2 Å². The van der Waals surface area contributed by atoms with Gasteiger partial charge in [-0.15, -0.1) is 0 Å². The zero-order chi connectivity index (χ0) is 14.8. The second-order valence-corrected chi connectivity index (χ2v) is 5.85. The van der Waals surface area contributed by atoms with Crippen LogP contribution < -0.4 is 5.32 Å². The number of rotatable bonds is 1. The third kappa shape index (κ3) is 3.12. The molecule has 1 aromatic rings. The second-order valence-electron chi connectivity index (χ2n) is 4.93. The fraction of sp³-hybridized carbons (Fsp3) is 0.118. The van der Waals surface area contributed by atoms with Gasteiger partial charge in [-0.1, -0.05) is 47.5 Å². The Hall–Kier alpha value is -1.77. The summed E-state index contributed by atoms with van der Waals surface area (Å²) in [6, 6.07) is 5.39. The van der Waals surface area contributed by atoms with Gasteiger partial charge < -0.3 is 5.32 Å². The highest BCUT2D eigenvalue weighted by atomic mass is 35.5. The molecule has 1 heterocycles. The first-order chi connectivity index (χ1) is 10.1. The number of hydrogen-bond donors (Lipinski definition) is 1. The van der Waals surface area contributed by atoms with Crippen molar-refractivity contribution in [1.82, 2.24) is 0 Å². The van der Waals surface area contributed by atoms with Gasteiger partial charge in [0.25, 0.3) is 5.91 Å². The molecular formula is C17H13Cl2NO. The molecular weight excluding hydrogens is 305 g/mol. The van der Waals surface area contributed by atoms with Crippen LogP contribution in [-0.2, 0) is 4.79 Å². The van der Waals surface area contributed by atoms with Gasteiger partial charge in [0.05, 0.1) is 5.69 Å². The highest BCUT2D eigenvalue weighted by molar-refractivity contribution is 6.34. The van der Waals surface area contributed by atoms with Crippen LogP contribution in [0.25, 0.3) is 5.57 Å². The van der Waals surface area contributed by atoms with Crippen LogP contribution in [0.3, 0.4) is 0 Å². The van der Waals surface area contributed by atoms with E-state index in [1.807, 2.05) is 30.4 Å². The van der Waals surface area contributed by atoms with Crippen LogP contribution in [0.4, 0.5) is 5.69 Å². The number of anilines is 1. The summed E-state index contributed by atoms with van der Waals surface area (Å²) in [4.78, 5) is 12.1. The smallest absolute Gasteiger partial charge is 0.256 e. The van der Waals surface area contributed by atoms with E-state index in [2.05, 4.69) is 11.4 Å². The maximum absolute atomic E-state index is 12.1. The third-order valence-electron chi connectivity index (χ3n) is 3.37. The first kappa shape index (κ1) is 14.2. The van der Waals surface area contributed by atoms with Crippen LogP contribution in [0.1, 0.15) is 18.4 Å². The summed E-state index contributed by atoms with van der Waals surface area (Å²) in [5.74, 6) is -0.122. The summed E-state index contributed by atoms with van der Waals surface area (Å²) in [6.45, 7) is 0. The van der Waals surface area contributed by atoms with Crippen LogP contribution in [-0.4, -0.2) is 5.91 Å². The Balaban J connectivity index is 2.04. The van der Waals surface area contributed by atoms with E-state index in [4.69, 9.17) is 23.2 Å². The van der Waals surface area contributed by atoms with E-state index >= 15 is 0 Å². The number of nitrogens with one attached hydrogen (secondary N) is 1. The van der Waals surface area contributed by atoms with Crippen molar-refractivity contribution in [2.45, 2.75) is 12.8 Å². The molecule has 0 saturated carbocycles. The zero-order valence-corrected chi connectivity index (χ0v) is 12.7. The number of amides is 1. The summed E-state index contributed by atoms with van der Waals surface area (Å²) >= 11 is 12.1. The van der Waals surface area contributed by atoms with Crippen LogP contribution in [0.5, 0.6) is 0 Å². The van der Waals surface area contributed by atoms with Crippen LogP contribution >= 0.6 is 23.2 Å². The average Bonchev–Trinajstić information content (AvgIpc) is 2.71. The number of carbonyl (C=O) groups is 1. The lowest BCUT2D eigenvalue weighted by Gasteiger charge is -2.03. The molecule has 0 atom stereocenters. The minimum atomic E-state index is -0.122. The maximum Gasteiger partial charge on any atom is 0.256 e. The Labute approximate surface area is 133 Å². The van der Waals surface area contributed by atoms with Crippen molar-refractivity contribution < 1.29 is 4.79 Å². The lowest BCUT2D eigenvalue weighted by atomic mass is 10.0. The van der Waals surface area contributed by atoms with Crippen molar-refractivity contribution in [3.8, 4) is 0 Å². The molecule has 0 saturated heterocycles. The fourth-order valence-electron chi connectivity index (χ4n) is 2.36. The monoisotopic (exact) mass is 317 g/mol. The predicted octanol–water partition coefficient (Wildman–Crippen LogP) is 5.07. The first-order valence-electron chi connectivity index (χ1n) is 6.69. The Kier molecular flexibility index (Phi) is 4.00. The van der Waals surface area contributed by atoms with Gasteiger partial charge in [-0.05, 0) is 42.7 Å². The summed E-state index contributed by atoms with van der Waals surface area (Å²) in [6.07, 6.45) is 11.5. The Morgan fingerprint density at radius 3 is 2.95 bits per heavy atom. The number of fused-ring (bicyclic) bond motifs is 1. The van der Waals surface area contributed by atoms with Crippen molar-refractivity contribution in [1.29, 1.82) is 0 Å². The molecule has 4 heteroatoms. The van der Waals surface area contributed by atoms with Crippen molar-refractivity contribution in [2.24, 2.45) is 0 Å². The molecule has 2 nitrogen and oxygen atoms in total. The highest BCUT2D eigenvalue weighted by Gasteiger charge is 2.24. The van der Waals surface area contributed by atoms with Gasteiger partial charge in [0.1, 0.15) is 0 Å². The molecule has 0 unspecified atom stereocenters. The number of halogens is 2. The van der Waals surface area contributed by atoms with Crippen molar-refractivity contribution in [3.05, 3.63) is 69.8 Å². The lowest BCUT2D eigenvalue weighted by Crippen LogP contribution is -2.03. The molecule has 1 aliphatic carbocycles. The van der Waals surface area contributed by atoms with Crippen LogP contribution in [0.15, 0.2) is 59.2 Å². The Morgan fingerprint density at radius 1 is 1.24 bits per heavy atom. The maximum atomic E-state index is 12.1. The molecule has 21 heavy (non-hydrogen) atoms. The minimum Gasteiger partial charge on any atom is -0.321 e. The van der Waals surface area contributed by atoms with Crippen molar-refractivity contribution in [3.63, 3.8) is 0 Å². The lowest BCUT2D eigenvalue weighted by molar-refractivity contribution is -0.110. The summed E-state index contributed by atoms with van der Waals surface area (Å²) in [5.41, 5.74) is 3.14. The molecule has 1 N–H and O–H groups in total. The fourth-order valence-corrected chi connectivity index (χ4v) is 2.77. The van der Waals surface area contributed by atoms with Gasteiger partial charge in [-0.3, -0.25) is 4.79 Å². The largest absolute Gasteiger partial charge is 0.321 e. The number of hydrogen-bond acceptors (Lipinski definition) is 1. The zero-order valence-electron chi connectivity index (χ0n) is 11.2. The van der Waals surface area contributed by atoms with E-state index in [9.17, 15) is 4.79 Å². The van der Waals surface area contributed by atoms with Crippen molar-refractivity contribution >= 4 is 40.4 Å². The number of benzene rings is 1. The van der Waals surface area contributed by atoms with Gasteiger partial charge in [-0.25, -0.2) is 0 Å². The van der Waals surface area contributed by atoms with E-state index in [0.717, 1.165) is 34.7 Å². The van der Waals surface area contributed by atoms with Gasteiger partial charge in [-0.2, -0.15) is 0 Å². The Morgan fingerprint density at radius 2 is 2.10 bits per heavy atom. The average molecular weight is 318 g/mol. The van der Waals surface area contributed by atoms with E-state index in [-0.39, 0.29) is 5.91 Å². The summed E-state index contributed by atoms with van der Waals surface area (Å²) in [7, 11) is 0. The van der Waals surface area contributed by atoms with E-state index < -0.39 is 0 Å². The SMILES string of the molecule is O=C1Nc2cc(Cl)ccc2\C1=C/C1=C/C=C\CCC(Cl)=C1. The number of allylic oxidation sites excluding steroid dienone is 7.